The highest BCUT2D eigenvalue weighted by Crippen LogP contribution is 2.30. The van der Waals surface area contributed by atoms with Crippen molar-refractivity contribution in [2.75, 3.05) is 19.7 Å². The molecule has 0 spiro atoms. The number of ether oxygens (including phenoxy) is 2. The molecule has 0 bridgehead atoms. The molecule has 1 aliphatic heterocycles. The van der Waals surface area contributed by atoms with Crippen molar-refractivity contribution < 1.29 is 23.0 Å². The summed E-state index contributed by atoms with van der Waals surface area (Å²) in [6.45, 7) is 6.62. The lowest BCUT2D eigenvalue weighted by Gasteiger charge is -2.38. The molecular formula is C12H21F2NO3. The van der Waals surface area contributed by atoms with Crippen LogP contribution in [-0.2, 0) is 9.47 Å². The fraction of sp³-hybridized carbons (Fsp3) is 0.917. The molecule has 0 aliphatic carbocycles. The zero-order chi connectivity index (χ0) is 14.0. The number of likely N-dealkylation sites (tertiary alicyclic amines) is 1. The van der Waals surface area contributed by atoms with E-state index in [9.17, 15) is 13.6 Å². The van der Waals surface area contributed by atoms with Gasteiger partial charge in [0.2, 0.25) is 0 Å². The Labute approximate surface area is 106 Å². The highest BCUT2D eigenvalue weighted by Gasteiger charge is 2.47. The lowest BCUT2D eigenvalue weighted by molar-refractivity contribution is -0.168. The third kappa shape index (κ3) is 4.08. The smallest absolute Gasteiger partial charge is 0.410 e. The molecule has 0 aromatic heterocycles. The van der Waals surface area contributed by atoms with E-state index in [-0.39, 0.29) is 19.6 Å². The van der Waals surface area contributed by atoms with E-state index in [1.54, 1.807) is 27.7 Å². The van der Waals surface area contributed by atoms with Crippen molar-refractivity contribution in [3.05, 3.63) is 0 Å². The van der Waals surface area contributed by atoms with Crippen molar-refractivity contribution in [1.82, 2.24) is 4.90 Å². The van der Waals surface area contributed by atoms with Crippen LogP contribution in [0.25, 0.3) is 0 Å². The Bertz CT molecular complexity index is 302. The molecule has 1 unspecified atom stereocenters. The minimum absolute atomic E-state index is 0.125. The number of rotatable bonds is 2. The fourth-order valence-corrected chi connectivity index (χ4v) is 1.81. The fourth-order valence-electron chi connectivity index (χ4n) is 1.81. The van der Waals surface area contributed by atoms with Gasteiger partial charge in [0, 0.05) is 13.2 Å². The zero-order valence-corrected chi connectivity index (χ0v) is 11.3. The number of hydrogen-bond donors (Lipinski definition) is 0. The van der Waals surface area contributed by atoms with Crippen LogP contribution >= 0.6 is 0 Å². The van der Waals surface area contributed by atoms with E-state index < -0.39 is 30.3 Å². The number of carbonyl (C=O) groups excluding carboxylic acids is 1. The van der Waals surface area contributed by atoms with Gasteiger partial charge in [-0.1, -0.05) is 0 Å². The monoisotopic (exact) mass is 265 g/mol. The van der Waals surface area contributed by atoms with E-state index >= 15 is 0 Å². The van der Waals surface area contributed by atoms with Crippen molar-refractivity contribution >= 4 is 6.09 Å². The SMILES string of the molecule is CCOC1CCN(C(=O)OC(C)(C)C)CC1(F)F. The highest BCUT2D eigenvalue weighted by atomic mass is 19.3. The molecule has 0 saturated carbocycles. The average Bonchev–Trinajstić information content (AvgIpc) is 2.18. The molecule has 1 aliphatic rings. The minimum atomic E-state index is -3.02. The molecule has 106 valence electrons. The van der Waals surface area contributed by atoms with Gasteiger partial charge < -0.3 is 14.4 Å². The van der Waals surface area contributed by atoms with Gasteiger partial charge in [0.25, 0.3) is 5.92 Å². The normalized spacial score (nSPS) is 23.9. The van der Waals surface area contributed by atoms with E-state index in [1.807, 2.05) is 0 Å². The third-order valence-corrected chi connectivity index (χ3v) is 2.55. The minimum Gasteiger partial charge on any atom is -0.444 e. The predicted molar refractivity (Wildman–Crippen MR) is 62.8 cm³/mol. The average molecular weight is 265 g/mol. The number of nitrogens with zero attached hydrogens (tertiary/aromatic N) is 1. The summed E-state index contributed by atoms with van der Waals surface area (Å²) in [5, 5.41) is 0. The Morgan fingerprint density at radius 1 is 1.44 bits per heavy atom. The topological polar surface area (TPSA) is 38.8 Å². The van der Waals surface area contributed by atoms with Crippen molar-refractivity contribution in [2.45, 2.75) is 51.7 Å². The summed E-state index contributed by atoms with van der Waals surface area (Å²) < 4.78 is 37.5. The van der Waals surface area contributed by atoms with Gasteiger partial charge >= 0.3 is 6.09 Å². The Kier molecular flexibility index (Phi) is 4.53. The van der Waals surface area contributed by atoms with Crippen molar-refractivity contribution in [3.63, 3.8) is 0 Å². The lowest BCUT2D eigenvalue weighted by Crippen LogP contribution is -2.55. The molecule has 0 N–H and O–H groups in total. The maximum atomic E-state index is 13.7. The van der Waals surface area contributed by atoms with Gasteiger partial charge in [-0.3, -0.25) is 0 Å². The number of halogens is 2. The Hall–Kier alpha value is -0.910. The molecule has 0 aromatic rings. The first-order valence-electron chi connectivity index (χ1n) is 6.13. The van der Waals surface area contributed by atoms with Crippen LogP contribution in [0.5, 0.6) is 0 Å². The molecule has 1 fully saturated rings. The molecule has 1 amide bonds. The summed E-state index contributed by atoms with van der Waals surface area (Å²) in [7, 11) is 0. The maximum absolute atomic E-state index is 13.7. The highest BCUT2D eigenvalue weighted by molar-refractivity contribution is 5.68. The quantitative estimate of drug-likeness (QED) is 0.770. The summed E-state index contributed by atoms with van der Waals surface area (Å²) >= 11 is 0. The number of amides is 1. The van der Waals surface area contributed by atoms with Crippen molar-refractivity contribution in [2.24, 2.45) is 0 Å². The van der Waals surface area contributed by atoms with Gasteiger partial charge in [0.05, 0.1) is 6.54 Å². The Morgan fingerprint density at radius 2 is 2.06 bits per heavy atom. The molecule has 1 atom stereocenters. The third-order valence-electron chi connectivity index (χ3n) is 2.55. The number of carbonyl (C=O) groups is 1. The lowest BCUT2D eigenvalue weighted by atomic mass is 10.0. The van der Waals surface area contributed by atoms with Crippen LogP contribution in [0.2, 0.25) is 0 Å². The van der Waals surface area contributed by atoms with Gasteiger partial charge in [-0.15, -0.1) is 0 Å². The Morgan fingerprint density at radius 3 is 2.50 bits per heavy atom. The van der Waals surface area contributed by atoms with Gasteiger partial charge in [0.1, 0.15) is 11.7 Å². The van der Waals surface area contributed by atoms with E-state index in [2.05, 4.69) is 0 Å². The van der Waals surface area contributed by atoms with Crippen LogP contribution in [0, 0.1) is 0 Å². The van der Waals surface area contributed by atoms with E-state index in [4.69, 9.17) is 9.47 Å². The summed E-state index contributed by atoms with van der Waals surface area (Å²) in [4.78, 5) is 12.7. The molecular weight excluding hydrogens is 244 g/mol. The predicted octanol–water partition coefficient (Wildman–Crippen LogP) is 2.67. The first-order chi connectivity index (χ1) is 8.15. The zero-order valence-electron chi connectivity index (χ0n) is 11.3. The van der Waals surface area contributed by atoms with E-state index in [1.165, 1.54) is 0 Å². The summed E-state index contributed by atoms with van der Waals surface area (Å²) in [5.74, 6) is -3.02. The van der Waals surface area contributed by atoms with Crippen LogP contribution in [0.15, 0.2) is 0 Å². The van der Waals surface area contributed by atoms with Crippen LogP contribution < -0.4 is 0 Å². The standard InChI is InChI=1S/C12H21F2NO3/c1-5-17-9-6-7-15(8-12(9,13)14)10(16)18-11(2,3)4/h9H,5-8H2,1-4H3. The number of hydrogen-bond acceptors (Lipinski definition) is 3. The first kappa shape index (κ1) is 15.1. The number of piperidine rings is 1. The van der Waals surface area contributed by atoms with Gasteiger partial charge in [0.15, 0.2) is 0 Å². The second-order valence-corrected chi connectivity index (χ2v) is 5.40. The molecule has 6 heteroatoms. The molecule has 1 rings (SSSR count). The molecule has 0 aromatic carbocycles. The van der Waals surface area contributed by atoms with E-state index in [0.29, 0.717) is 0 Å². The van der Waals surface area contributed by atoms with Crippen LogP contribution in [-0.4, -0.2) is 48.3 Å². The second-order valence-electron chi connectivity index (χ2n) is 5.40. The number of alkyl halides is 2. The molecule has 1 heterocycles. The summed E-state index contributed by atoms with van der Waals surface area (Å²) in [6.07, 6.45) is -1.68. The maximum Gasteiger partial charge on any atom is 0.410 e. The van der Waals surface area contributed by atoms with Crippen molar-refractivity contribution in [1.29, 1.82) is 0 Å². The first-order valence-corrected chi connectivity index (χ1v) is 6.13. The largest absolute Gasteiger partial charge is 0.444 e. The van der Waals surface area contributed by atoms with Crippen molar-refractivity contribution in [3.8, 4) is 0 Å². The van der Waals surface area contributed by atoms with Crippen LogP contribution in [0.4, 0.5) is 13.6 Å². The summed E-state index contributed by atoms with van der Waals surface area (Å²) in [6, 6.07) is 0. The molecule has 0 radical (unpaired) electrons. The molecule has 18 heavy (non-hydrogen) atoms. The van der Waals surface area contributed by atoms with Gasteiger partial charge in [-0.05, 0) is 34.1 Å². The second kappa shape index (κ2) is 5.38. The van der Waals surface area contributed by atoms with E-state index in [0.717, 1.165) is 4.90 Å². The van der Waals surface area contributed by atoms with Crippen LogP contribution in [0.1, 0.15) is 34.1 Å². The van der Waals surface area contributed by atoms with Gasteiger partial charge in [-0.2, -0.15) is 0 Å². The van der Waals surface area contributed by atoms with Crippen LogP contribution in [0.3, 0.4) is 0 Å². The van der Waals surface area contributed by atoms with Gasteiger partial charge in [-0.25, -0.2) is 13.6 Å². The Balaban J connectivity index is 2.60. The molecule has 1 saturated heterocycles. The molecule has 4 nitrogen and oxygen atoms in total. The summed E-state index contributed by atoms with van der Waals surface area (Å²) in [5.41, 5.74) is -0.677.